The van der Waals surface area contributed by atoms with Gasteiger partial charge < -0.3 is 5.32 Å². The lowest BCUT2D eigenvalue weighted by molar-refractivity contribution is -0.120. The van der Waals surface area contributed by atoms with E-state index in [0.717, 1.165) is 15.1 Å². The molecule has 134 valence electrons. The summed E-state index contributed by atoms with van der Waals surface area (Å²) in [7, 11) is -3.62. The summed E-state index contributed by atoms with van der Waals surface area (Å²) in [5.74, 6) is -1.39. The van der Waals surface area contributed by atoms with Crippen molar-refractivity contribution < 1.29 is 17.6 Å². The first-order chi connectivity index (χ1) is 11.9. The van der Waals surface area contributed by atoms with Crippen LogP contribution < -0.4 is 5.32 Å². The zero-order valence-corrected chi connectivity index (χ0v) is 16.3. The van der Waals surface area contributed by atoms with Crippen molar-refractivity contribution in [1.82, 2.24) is 4.31 Å². The summed E-state index contributed by atoms with van der Waals surface area (Å²) in [5, 5.41) is 2.56. The summed E-state index contributed by atoms with van der Waals surface area (Å²) in [6, 6.07) is 9.15. The van der Waals surface area contributed by atoms with E-state index in [1.807, 2.05) is 0 Å². The Morgan fingerprint density at radius 2 is 2.04 bits per heavy atom. The minimum Gasteiger partial charge on any atom is -0.323 e. The van der Waals surface area contributed by atoms with Crippen LogP contribution in [-0.2, 0) is 14.8 Å². The molecule has 1 aliphatic heterocycles. The van der Waals surface area contributed by atoms with Gasteiger partial charge in [0.2, 0.25) is 5.91 Å². The Morgan fingerprint density at radius 1 is 1.28 bits per heavy atom. The van der Waals surface area contributed by atoms with Gasteiger partial charge in [-0.05, 0) is 53.0 Å². The van der Waals surface area contributed by atoms with Gasteiger partial charge in [0.1, 0.15) is 10.0 Å². The Labute approximate surface area is 158 Å². The molecule has 1 aromatic heterocycles. The van der Waals surface area contributed by atoms with E-state index in [1.165, 1.54) is 16.4 Å². The van der Waals surface area contributed by atoms with Gasteiger partial charge in [-0.3, -0.25) is 4.79 Å². The van der Waals surface area contributed by atoms with Crippen molar-refractivity contribution in [3.8, 4) is 0 Å². The van der Waals surface area contributed by atoms with E-state index in [0.29, 0.717) is 19.4 Å². The van der Waals surface area contributed by atoms with Crippen LogP contribution in [0.1, 0.15) is 12.8 Å². The highest BCUT2D eigenvalue weighted by Gasteiger charge is 2.34. The first-order valence-corrected chi connectivity index (χ1v) is 10.7. The van der Waals surface area contributed by atoms with Gasteiger partial charge in [0.05, 0.1) is 15.4 Å². The van der Waals surface area contributed by atoms with Crippen molar-refractivity contribution in [2.75, 3.05) is 18.4 Å². The Bertz CT molecular complexity index is 885. The molecule has 25 heavy (non-hydrogen) atoms. The number of nitrogens with one attached hydrogen (secondary N) is 1. The Hall–Kier alpha value is -1.29. The number of benzene rings is 1. The highest BCUT2D eigenvalue weighted by molar-refractivity contribution is 9.11. The highest BCUT2D eigenvalue weighted by atomic mass is 79.9. The second-order valence-electron chi connectivity index (χ2n) is 5.73. The van der Waals surface area contributed by atoms with Gasteiger partial charge >= 0.3 is 0 Å². The summed E-state index contributed by atoms with van der Waals surface area (Å²) >= 11 is 4.40. The van der Waals surface area contributed by atoms with E-state index < -0.39 is 21.8 Å². The molecule has 3 rings (SSSR count). The quantitative estimate of drug-likeness (QED) is 0.778. The average molecular weight is 447 g/mol. The number of anilines is 1. The van der Waals surface area contributed by atoms with Crippen molar-refractivity contribution in [3.63, 3.8) is 0 Å². The largest absolute Gasteiger partial charge is 0.323 e. The minimum atomic E-state index is -3.62. The summed E-state index contributed by atoms with van der Waals surface area (Å²) < 4.78 is 41.4. The summed E-state index contributed by atoms with van der Waals surface area (Å²) in [4.78, 5) is 12.4. The Kier molecular flexibility index (Phi) is 5.57. The third-order valence-corrected chi connectivity index (χ3v) is 7.99. The smallest absolute Gasteiger partial charge is 0.252 e. The number of carbonyl (C=O) groups excluding carboxylic acids is 1. The number of rotatable bonds is 4. The number of sulfonamides is 1. The maximum Gasteiger partial charge on any atom is 0.252 e. The number of piperidine rings is 1. The van der Waals surface area contributed by atoms with Crippen LogP contribution in [-0.4, -0.2) is 31.7 Å². The van der Waals surface area contributed by atoms with Crippen LogP contribution in [0, 0.1) is 11.7 Å². The van der Waals surface area contributed by atoms with Gasteiger partial charge in [-0.1, -0.05) is 12.1 Å². The zero-order chi connectivity index (χ0) is 18.0. The van der Waals surface area contributed by atoms with Crippen LogP contribution in [0.5, 0.6) is 0 Å². The lowest BCUT2D eigenvalue weighted by atomic mass is 9.98. The molecular formula is C16H16BrFN2O3S2. The molecule has 1 aromatic carbocycles. The molecule has 1 amide bonds. The van der Waals surface area contributed by atoms with Crippen molar-refractivity contribution in [2.45, 2.75) is 17.1 Å². The maximum atomic E-state index is 13.7. The number of halogens is 2. The lowest BCUT2D eigenvalue weighted by Gasteiger charge is -2.30. The summed E-state index contributed by atoms with van der Waals surface area (Å²) in [6.07, 6.45) is 1.15. The van der Waals surface area contributed by atoms with Gasteiger partial charge in [-0.25, -0.2) is 12.8 Å². The minimum absolute atomic E-state index is 0.0954. The molecule has 1 N–H and O–H groups in total. The van der Waals surface area contributed by atoms with Gasteiger partial charge in [0, 0.05) is 13.1 Å². The fourth-order valence-electron chi connectivity index (χ4n) is 2.74. The third-order valence-electron chi connectivity index (χ3n) is 4.03. The number of hydrogen-bond acceptors (Lipinski definition) is 4. The topological polar surface area (TPSA) is 66.5 Å². The molecule has 0 radical (unpaired) electrons. The first-order valence-electron chi connectivity index (χ1n) is 7.69. The van der Waals surface area contributed by atoms with E-state index in [4.69, 9.17) is 0 Å². The predicted octanol–water partition coefficient (Wildman–Crippen LogP) is 3.69. The second kappa shape index (κ2) is 7.53. The molecule has 1 aliphatic rings. The number of nitrogens with zero attached hydrogens (tertiary/aromatic N) is 1. The number of thiophene rings is 1. The lowest BCUT2D eigenvalue weighted by Crippen LogP contribution is -2.43. The molecule has 0 aliphatic carbocycles. The molecule has 0 unspecified atom stereocenters. The normalized spacial score (nSPS) is 18.9. The number of carbonyl (C=O) groups is 1. The van der Waals surface area contributed by atoms with Crippen LogP contribution in [0.2, 0.25) is 0 Å². The van der Waals surface area contributed by atoms with Crippen molar-refractivity contribution in [3.05, 3.63) is 46.0 Å². The fourth-order valence-corrected chi connectivity index (χ4v) is 6.42. The number of hydrogen-bond donors (Lipinski definition) is 1. The molecule has 0 spiro atoms. The summed E-state index contributed by atoms with van der Waals surface area (Å²) in [5.41, 5.74) is 0.106. The predicted molar refractivity (Wildman–Crippen MR) is 98.5 cm³/mol. The molecule has 5 nitrogen and oxygen atoms in total. The van der Waals surface area contributed by atoms with E-state index in [1.54, 1.807) is 24.3 Å². The maximum absolute atomic E-state index is 13.7. The highest BCUT2D eigenvalue weighted by Crippen LogP contribution is 2.31. The van der Waals surface area contributed by atoms with Crippen LogP contribution in [0.15, 0.2) is 44.4 Å². The van der Waals surface area contributed by atoms with Crippen LogP contribution in [0.3, 0.4) is 0 Å². The molecule has 2 heterocycles. The third kappa shape index (κ3) is 4.11. The first kappa shape index (κ1) is 18.5. The van der Waals surface area contributed by atoms with Gasteiger partial charge in [-0.2, -0.15) is 4.31 Å². The van der Waals surface area contributed by atoms with Crippen molar-refractivity contribution in [2.24, 2.45) is 5.92 Å². The molecule has 0 saturated carbocycles. The zero-order valence-electron chi connectivity index (χ0n) is 13.1. The molecule has 0 bridgehead atoms. The van der Waals surface area contributed by atoms with Gasteiger partial charge in [0.25, 0.3) is 10.0 Å². The van der Waals surface area contributed by atoms with Crippen molar-refractivity contribution >= 4 is 48.9 Å². The molecule has 9 heteroatoms. The van der Waals surface area contributed by atoms with Crippen LogP contribution in [0.25, 0.3) is 0 Å². The van der Waals surface area contributed by atoms with Gasteiger partial charge in [-0.15, -0.1) is 11.3 Å². The molecule has 2 aromatic rings. The van der Waals surface area contributed by atoms with Crippen LogP contribution >= 0.6 is 27.3 Å². The van der Waals surface area contributed by atoms with E-state index >= 15 is 0 Å². The van der Waals surface area contributed by atoms with E-state index in [9.17, 15) is 17.6 Å². The average Bonchev–Trinajstić information content (AvgIpc) is 3.04. The van der Waals surface area contributed by atoms with E-state index in [-0.39, 0.29) is 22.3 Å². The number of para-hydroxylation sites is 1. The molecule has 1 fully saturated rings. The Morgan fingerprint density at radius 3 is 2.72 bits per heavy atom. The second-order valence-corrected chi connectivity index (χ2v) is 10.4. The standard InChI is InChI=1S/C16H16BrFN2O3S2/c17-14-7-8-15(24-14)25(22,23)20-9-3-4-11(10-20)16(21)19-13-6-2-1-5-12(13)18/h1-2,5-8,11H,3-4,9-10H2,(H,19,21)/t11-/m0/s1. The van der Waals surface area contributed by atoms with Gasteiger partial charge in [0.15, 0.2) is 0 Å². The number of amides is 1. The molecule has 1 atom stereocenters. The molecule has 1 saturated heterocycles. The van der Waals surface area contributed by atoms with E-state index in [2.05, 4.69) is 21.2 Å². The summed E-state index contributed by atoms with van der Waals surface area (Å²) in [6.45, 7) is 0.472. The van der Waals surface area contributed by atoms with Crippen LogP contribution in [0.4, 0.5) is 10.1 Å². The Balaban J connectivity index is 1.73. The molecular weight excluding hydrogens is 431 g/mol. The van der Waals surface area contributed by atoms with Crippen molar-refractivity contribution in [1.29, 1.82) is 0 Å². The fraction of sp³-hybridized carbons (Fsp3) is 0.312. The SMILES string of the molecule is O=C(Nc1ccccc1F)[C@H]1CCCN(S(=O)(=O)c2ccc(Br)s2)C1. The monoisotopic (exact) mass is 446 g/mol.